The van der Waals surface area contributed by atoms with E-state index in [4.69, 9.17) is 4.74 Å². The van der Waals surface area contributed by atoms with Crippen molar-refractivity contribution in [1.82, 2.24) is 4.90 Å². The van der Waals surface area contributed by atoms with Crippen LogP contribution in [0, 0.1) is 17.0 Å². The summed E-state index contributed by atoms with van der Waals surface area (Å²) in [6.45, 7) is 4.61. The number of hydrogen-bond acceptors (Lipinski definition) is 5. The van der Waals surface area contributed by atoms with Gasteiger partial charge in [0, 0.05) is 11.6 Å². The monoisotopic (exact) mass is 356 g/mol. The number of amides is 1. The highest BCUT2D eigenvalue weighted by Crippen LogP contribution is 2.30. The molecule has 1 N–H and O–H groups in total. The number of benzene rings is 2. The Labute approximate surface area is 151 Å². The number of carbonyl (C=O) groups is 1. The van der Waals surface area contributed by atoms with Gasteiger partial charge in [0.05, 0.1) is 24.1 Å². The van der Waals surface area contributed by atoms with Crippen molar-refractivity contribution in [2.45, 2.75) is 26.0 Å². The molecule has 7 heteroatoms. The van der Waals surface area contributed by atoms with Gasteiger partial charge in [-0.25, -0.2) is 0 Å². The van der Waals surface area contributed by atoms with Gasteiger partial charge in [0.25, 0.3) is 5.91 Å². The molecule has 2 aromatic carbocycles. The number of aryl methyl sites for hydroxylation is 1. The second kappa shape index (κ2) is 7.13. The van der Waals surface area contributed by atoms with E-state index in [9.17, 15) is 20.0 Å². The summed E-state index contributed by atoms with van der Waals surface area (Å²) >= 11 is 0. The Kier molecular flexibility index (Phi) is 4.90. The molecule has 0 spiro atoms. The van der Waals surface area contributed by atoms with E-state index in [1.165, 1.54) is 12.1 Å². The van der Waals surface area contributed by atoms with Gasteiger partial charge in [-0.3, -0.25) is 14.9 Å². The number of morpholine rings is 1. The maximum Gasteiger partial charge on any atom is 0.311 e. The van der Waals surface area contributed by atoms with E-state index in [2.05, 4.69) is 0 Å². The molecule has 3 rings (SSSR count). The van der Waals surface area contributed by atoms with Crippen LogP contribution < -0.4 is 0 Å². The predicted octanol–water partition coefficient (Wildman–Crippen LogP) is 3.21. The molecule has 0 aliphatic carbocycles. The van der Waals surface area contributed by atoms with Gasteiger partial charge >= 0.3 is 5.69 Å². The molecule has 1 fully saturated rings. The lowest BCUT2D eigenvalue weighted by Crippen LogP contribution is -2.48. The number of rotatable bonds is 3. The van der Waals surface area contributed by atoms with Crippen molar-refractivity contribution in [1.29, 1.82) is 0 Å². The van der Waals surface area contributed by atoms with Gasteiger partial charge in [-0.2, -0.15) is 0 Å². The van der Waals surface area contributed by atoms with Crippen molar-refractivity contribution >= 4 is 11.6 Å². The summed E-state index contributed by atoms with van der Waals surface area (Å²) in [5.74, 6) is -0.776. The summed E-state index contributed by atoms with van der Waals surface area (Å²) in [5, 5.41) is 20.6. The van der Waals surface area contributed by atoms with Gasteiger partial charge in [0.1, 0.15) is 6.10 Å². The number of nitrogens with zero attached hydrogens (tertiary/aromatic N) is 2. The molecule has 0 unspecified atom stereocenters. The molecule has 1 aliphatic heterocycles. The second-order valence-corrected chi connectivity index (χ2v) is 6.45. The molecule has 1 amide bonds. The Morgan fingerprint density at radius 1 is 1.31 bits per heavy atom. The Morgan fingerprint density at radius 2 is 2.04 bits per heavy atom. The zero-order valence-electron chi connectivity index (χ0n) is 14.6. The zero-order valence-corrected chi connectivity index (χ0v) is 14.6. The fraction of sp³-hybridized carbons (Fsp3) is 0.316. The van der Waals surface area contributed by atoms with Gasteiger partial charge in [-0.1, -0.05) is 24.3 Å². The van der Waals surface area contributed by atoms with E-state index in [1.807, 2.05) is 38.1 Å². The quantitative estimate of drug-likeness (QED) is 0.673. The average molecular weight is 356 g/mol. The van der Waals surface area contributed by atoms with Crippen LogP contribution in [-0.4, -0.2) is 40.0 Å². The largest absolute Gasteiger partial charge is 0.502 e. The van der Waals surface area contributed by atoms with Crippen LogP contribution in [0.2, 0.25) is 0 Å². The van der Waals surface area contributed by atoms with Gasteiger partial charge in [0.2, 0.25) is 0 Å². The first-order valence-electron chi connectivity index (χ1n) is 8.34. The van der Waals surface area contributed by atoms with Crippen LogP contribution in [0.5, 0.6) is 5.75 Å². The minimum Gasteiger partial charge on any atom is -0.502 e. The number of aromatic hydroxyl groups is 1. The lowest BCUT2D eigenvalue weighted by molar-refractivity contribution is -0.385. The molecule has 136 valence electrons. The van der Waals surface area contributed by atoms with E-state index in [0.717, 1.165) is 17.2 Å². The number of hydrogen-bond donors (Lipinski definition) is 1. The highest BCUT2D eigenvalue weighted by atomic mass is 16.6. The molecule has 7 nitrogen and oxygen atoms in total. The average Bonchev–Trinajstić information content (AvgIpc) is 2.62. The fourth-order valence-electron chi connectivity index (χ4n) is 3.14. The van der Waals surface area contributed by atoms with Gasteiger partial charge in [-0.15, -0.1) is 0 Å². The smallest absolute Gasteiger partial charge is 0.311 e. The number of ether oxygens (including phenoxy) is 1. The number of carbonyl (C=O) groups excluding carboxylic acids is 1. The standard InChI is InChI=1S/C19H20N2O5/c1-12-5-3-4-6-15(12)18-10-20(13(2)11-26-18)19(23)14-7-8-17(22)16(9-14)21(24)25/h3-9,13,18,22H,10-11H2,1-2H3/t13-,18+/m0/s1. The number of phenolic OH excluding ortho intramolecular Hbond substituents is 1. The highest BCUT2D eigenvalue weighted by Gasteiger charge is 2.32. The minimum atomic E-state index is -0.703. The summed E-state index contributed by atoms with van der Waals surface area (Å²) < 4.78 is 5.91. The molecule has 1 saturated heterocycles. The number of nitro benzene ring substituents is 1. The molecule has 0 bridgehead atoms. The van der Waals surface area contributed by atoms with E-state index in [1.54, 1.807) is 4.90 Å². The molecule has 2 atom stereocenters. The van der Waals surface area contributed by atoms with Crippen molar-refractivity contribution in [3.63, 3.8) is 0 Å². The maximum absolute atomic E-state index is 12.9. The molecular weight excluding hydrogens is 336 g/mol. The maximum atomic E-state index is 12.9. The Morgan fingerprint density at radius 3 is 2.73 bits per heavy atom. The molecular formula is C19H20N2O5. The number of phenols is 1. The van der Waals surface area contributed by atoms with Crippen LogP contribution in [0.4, 0.5) is 5.69 Å². The Bertz CT molecular complexity index is 852. The molecule has 2 aromatic rings. The first-order valence-corrected chi connectivity index (χ1v) is 8.34. The summed E-state index contributed by atoms with van der Waals surface area (Å²) in [5.41, 5.74) is 1.80. The van der Waals surface area contributed by atoms with Crippen molar-refractivity contribution in [2.75, 3.05) is 13.2 Å². The van der Waals surface area contributed by atoms with Gasteiger partial charge < -0.3 is 14.7 Å². The zero-order chi connectivity index (χ0) is 18.8. The van der Waals surface area contributed by atoms with Crippen molar-refractivity contribution < 1.29 is 19.6 Å². The predicted molar refractivity (Wildman–Crippen MR) is 95.1 cm³/mol. The van der Waals surface area contributed by atoms with Crippen LogP contribution in [0.25, 0.3) is 0 Å². The van der Waals surface area contributed by atoms with Gasteiger partial charge in [-0.05, 0) is 37.1 Å². The van der Waals surface area contributed by atoms with Crippen LogP contribution in [0.15, 0.2) is 42.5 Å². The first-order chi connectivity index (χ1) is 12.4. The summed E-state index contributed by atoms with van der Waals surface area (Å²) in [7, 11) is 0. The van der Waals surface area contributed by atoms with Crippen molar-refractivity contribution in [3.05, 3.63) is 69.3 Å². The Hall–Kier alpha value is -2.93. The van der Waals surface area contributed by atoms with Gasteiger partial charge in [0.15, 0.2) is 5.75 Å². The van der Waals surface area contributed by atoms with Crippen LogP contribution in [0.3, 0.4) is 0 Å². The van der Waals surface area contributed by atoms with E-state index in [-0.39, 0.29) is 23.6 Å². The summed E-state index contributed by atoms with van der Waals surface area (Å²) in [4.78, 5) is 24.9. The van der Waals surface area contributed by atoms with Crippen molar-refractivity contribution in [3.8, 4) is 5.75 Å². The molecule has 0 radical (unpaired) electrons. The molecule has 1 heterocycles. The van der Waals surface area contributed by atoms with E-state index < -0.39 is 16.4 Å². The summed E-state index contributed by atoms with van der Waals surface area (Å²) in [6.07, 6.45) is -0.247. The normalized spacial score (nSPS) is 20.0. The van der Waals surface area contributed by atoms with E-state index in [0.29, 0.717) is 13.2 Å². The van der Waals surface area contributed by atoms with Crippen LogP contribution in [0.1, 0.15) is 34.5 Å². The lowest BCUT2D eigenvalue weighted by Gasteiger charge is -2.38. The van der Waals surface area contributed by atoms with Crippen LogP contribution >= 0.6 is 0 Å². The van der Waals surface area contributed by atoms with Crippen molar-refractivity contribution in [2.24, 2.45) is 0 Å². The topological polar surface area (TPSA) is 92.9 Å². The minimum absolute atomic E-state index is 0.157. The van der Waals surface area contributed by atoms with E-state index >= 15 is 0 Å². The molecule has 26 heavy (non-hydrogen) atoms. The molecule has 0 aromatic heterocycles. The third kappa shape index (κ3) is 3.39. The third-order valence-corrected chi connectivity index (χ3v) is 4.65. The first kappa shape index (κ1) is 17.9. The SMILES string of the molecule is Cc1ccccc1[C@H]1CN(C(=O)c2ccc(O)c([N+](=O)[O-])c2)[C@@H](C)CO1. The highest BCUT2D eigenvalue weighted by molar-refractivity contribution is 5.95. The molecule has 1 aliphatic rings. The number of nitro groups is 1. The second-order valence-electron chi connectivity index (χ2n) is 6.45. The lowest BCUT2D eigenvalue weighted by atomic mass is 10.0. The summed E-state index contributed by atoms with van der Waals surface area (Å²) in [6, 6.07) is 11.4. The Balaban J connectivity index is 1.87. The van der Waals surface area contributed by atoms with Crippen LogP contribution in [-0.2, 0) is 4.74 Å². The third-order valence-electron chi connectivity index (χ3n) is 4.65. The fourth-order valence-corrected chi connectivity index (χ4v) is 3.14. The molecule has 0 saturated carbocycles.